The zero-order chi connectivity index (χ0) is 14.4. The molecule has 0 spiro atoms. The normalized spacial score (nSPS) is 11.2. The standard InChI is InChI=1S/C13H6Cl3FN2S/c14-7-2-1-3-10-12(7)19(13(20)18-10)11-8(15)4-6(17)5-9(11)16/h1-5H,(H,18,20). The molecule has 7 heteroatoms. The van der Waals surface area contributed by atoms with Gasteiger partial charge in [-0.1, -0.05) is 40.9 Å². The molecule has 1 aromatic heterocycles. The summed E-state index contributed by atoms with van der Waals surface area (Å²) in [5.41, 5.74) is 1.80. The molecule has 20 heavy (non-hydrogen) atoms. The van der Waals surface area contributed by atoms with Crippen LogP contribution in [0, 0.1) is 10.6 Å². The van der Waals surface area contributed by atoms with E-state index in [1.807, 2.05) is 6.07 Å². The Balaban J connectivity index is 2.48. The van der Waals surface area contributed by atoms with E-state index in [-0.39, 0.29) is 10.0 Å². The molecule has 3 aromatic rings. The number of nitrogens with one attached hydrogen (secondary N) is 1. The molecule has 3 rings (SSSR count). The summed E-state index contributed by atoms with van der Waals surface area (Å²) >= 11 is 23.7. The summed E-state index contributed by atoms with van der Waals surface area (Å²) in [5.74, 6) is -0.513. The molecule has 0 unspecified atom stereocenters. The van der Waals surface area contributed by atoms with E-state index in [9.17, 15) is 4.39 Å². The van der Waals surface area contributed by atoms with Gasteiger partial charge in [0.2, 0.25) is 0 Å². The lowest BCUT2D eigenvalue weighted by Crippen LogP contribution is -1.98. The van der Waals surface area contributed by atoms with Crippen LogP contribution >= 0.6 is 47.0 Å². The van der Waals surface area contributed by atoms with E-state index in [0.29, 0.717) is 21.0 Å². The maximum atomic E-state index is 13.3. The summed E-state index contributed by atoms with van der Waals surface area (Å²) in [7, 11) is 0. The van der Waals surface area contributed by atoms with Crippen molar-refractivity contribution in [2.45, 2.75) is 0 Å². The lowest BCUT2D eigenvalue weighted by molar-refractivity contribution is 0.627. The van der Waals surface area contributed by atoms with Gasteiger partial charge < -0.3 is 4.98 Å². The Hall–Kier alpha value is -1.07. The maximum absolute atomic E-state index is 13.3. The van der Waals surface area contributed by atoms with Crippen LogP contribution in [-0.4, -0.2) is 9.55 Å². The van der Waals surface area contributed by atoms with E-state index >= 15 is 0 Å². The van der Waals surface area contributed by atoms with Crippen molar-refractivity contribution in [2.75, 3.05) is 0 Å². The molecule has 102 valence electrons. The van der Waals surface area contributed by atoms with Crippen LogP contribution in [0.2, 0.25) is 15.1 Å². The van der Waals surface area contributed by atoms with Crippen molar-refractivity contribution in [3.63, 3.8) is 0 Å². The summed E-state index contributed by atoms with van der Waals surface area (Å²) in [6.07, 6.45) is 0. The molecule has 0 aliphatic rings. The van der Waals surface area contributed by atoms with Crippen molar-refractivity contribution in [1.29, 1.82) is 0 Å². The zero-order valence-corrected chi connectivity index (χ0v) is 12.8. The molecule has 0 fully saturated rings. The lowest BCUT2D eigenvalue weighted by atomic mass is 10.2. The minimum Gasteiger partial charge on any atom is -0.330 e. The van der Waals surface area contributed by atoms with Crippen LogP contribution in [0.25, 0.3) is 16.7 Å². The highest BCUT2D eigenvalue weighted by molar-refractivity contribution is 7.71. The summed E-state index contributed by atoms with van der Waals surface area (Å²) in [4.78, 5) is 3.02. The number of imidazole rings is 1. The van der Waals surface area contributed by atoms with E-state index in [2.05, 4.69) is 4.98 Å². The van der Waals surface area contributed by atoms with E-state index < -0.39 is 5.82 Å². The number of H-pyrrole nitrogens is 1. The van der Waals surface area contributed by atoms with Gasteiger partial charge in [0.1, 0.15) is 5.82 Å². The number of fused-ring (bicyclic) bond motifs is 1. The first-order chi connectivity index (χ1) is 9.49. The molecule has 2 nitrogen and oxygen atoms in total. The van der Waals surface area contributed by atoms with Gasteiger partial charge in [0.05, 0.1) is 31.8 Å². The second-order valence-electron chi connectivity index (χ2n) is 4.12. The molecule has 2 aromatic carbocycles. The van der Waals surface area contributed by atoms with E-state index in [1.165, 1.54) is 12.1 Å². The molecule has 1 N–H and O–H groups in total. The van der Waals surface area contributed by atoms with Crippen LogP contribution in [0.15, 0.2) is 30.3 Å². The van der Waals surface area contributed by atoms with Crippen LogP contribution in [0.4, 0.5) is 4.39 Å². The maximum Gasteiger partial charge on any atom is 0.182 e. The van der Waals surface area contributed by atoms with Gasteiger partial charge >= 0.3 is 0 Å². The molecule has 0 saturated heterocycles. The predicted octanol–water partition coefficient (Wildman–Crippen LogP) is 5.79. The smallest absolute Gasteiger partial charge is 0.182 e. The number of aromatic amines is 1. The monoisotopic (exact) mass is 346 g/mol. The number of benzene rings is 2. The largest absolute Gasteiger partial charge is 0.330 e. The van der Waals surface area contributed by atoms with Gasteiger partial charge in [-0.3, -0.25) is 4.57 Å². The van der Waals surface area contributed by atoms with Crippen LogP contribution in [0.3, 0.4) is 0 Å². The Labute approximate surface area is 133 Å². The first-order valence-corrected chi connectivity index (χ1v) is 7.07. The number of hydrogen-bond donors (Lipinski definition) is 1. The fourth-order valence-corrected chi connectivity index (χ4v) is 3.26. The molecular weight excluding hydrogens is 342 g/mol. The summed E-state index contributed by atoms with van der Waals surface area (Å²) < 4.78 is 15.3. The Morgan fingerprint density at radius 2 is 1.70 bits per heavy atom. The van der Waals surface area contributed by atoms with Gasteiger partial charge in [0.25, 0.3) is 0 Å². The highest BCUT2D eigenvalue weighted by Gasteiger charge is 2.16. The highest BCUT2D eigenvalue weighted by atomic mass is 35.5. The van der Waals surface area contributed by atoms with Gasteiger partial charge in [0.15, 0.2) is 4.77 Å². The van der Waals surface area contributed by atoms with Gasteiger partial charge in [-0.15, -0.1) is 0 Å². The molecular formula is C13H6Cl3FN2S. The Bertz CT molecular complexity index is 862. The summed E-state index contributed by atoms with van der Waals surface area (Å²) in [6.45, 7) is 0. The molecule has 0 atom stereocenters. The highest BCUT2D eigenvalue weighted by Crippen LogP contribution is 2.34. The van der Waals surface area contributed by atoms with Gasteiger partial charge in [-0.05, 0) is 36.5 Å². The predicted molar refractivity (Wildman–Crippen MR) is 83.4 cm³/mol. The van der Waals surface area contributed by atoms with Crippen LogP contribution in [-0.2, 0) is 0 Å². The lowest BCUT2D eigenvalue weighted by Gasteiger charge is -2.10. The van der Waals surface area contributed by atoms with E-state index in [4.69, 9.17) is 47.0 Å². The van der Waals surface area contributed by atoms with Crippen molar-refractivity contribution in [3.8, 4) is 5.69 Å². The quantitative estimate of drug-likeness (QED) is 0.553. The Morgan fingerprint density at radius 3 is 2.35 bits per heavy atom. The summed E-state index contributed by atoms with van der Waals surface area (Å²) in [6, 6.07) is 7.72. The minimum absolute atomic E-state index is 0.159. The van der Waals surface area contributed by atoms with Crippen LogP contribution < -0.4 is 0 Å². The Morgan fingerprint density at radius 1 is 1.05 bits per heavy atom. The number of hydrogen-bond acceptors (Lipinski definition) is 1. The zero-order valence-electron chi connectivity index (χ0n) is 9.75. The molecule has 0 radical (unpaired) electrons. The van der Waals surface area contributed by atoms with Crippen LogP contribution in [0.5, 0.6) is 0 Å². The molecule has 0 aliphatic carbocycles. The third-order valence-corrected chi connectivity index (χ3v) is 4.03. The number of halogens is 4. The minimum atomic E-state index is -0.513. The van der Waals surface area contributed by atoms with Crippen LogP contribution in [0.1, 0.15) is 0 Å². The molecule has 0 bridgehead atoms. The van der Waals surface area contributed by atoms with Gasteiger partial charge in [0, 0.05) is 0 Å². The topological polar surface area (TPSA) is 20.7 Å². The Kier molecular flexibility index (Phi) is 3.50. The molecule has 0 amide bonds. The number of nitrogens with zero attached hydrogens (tertiary/aromatic N) is 1. The third-order valence-electron chi connectivity index (χ3n) is 2.86. The van der Waals surface area contributed by atoms with Gasteiger partial charge in [-0.2, -0.15) is 0 Å². The average Bonchev–Trinajstić information content (AvgIpc) is 2.66. The fraction of sp³-hybridized carbons (Fsp3) is 0. The number of aromatic nitrogens is 2. The first-order valence-electron chi connectivity index (χ1n) is 5.53. The SMILES string of the molecule is Fc1cc(Cl)c(-n2c(=S)[nH]c3cccc(Cl)c32)c(Cl)c1. The van der Waals surface area contributed by atoms with E-state index in [1.54, 1.807) is 16.7 Å². The fourth-order valence-electron chi connectivity index (χ4n) is 2.08. The van der Waals surface area contributed by atoms with Crippen molar-refractivity contribution in [3.05, 3.63) is 56.0 Å². The van der Waals surface area contributed by atoms with Crippen molar-refractivity contribution >= 4 is 58.1 Å². The van der Waals surface area contributed by atoms with Crippen molar-refractivity contribution in [2.24, 2.45) is 0 Å². The molecule has 0 saturated carbocycles. The third kappa shape index (κ3) is 2.13. The van der Waals surface area contributed by atoms with Gasteiger partial charge in [-0.25, -0.2) is 4.39 Å². The second-order valence-corrected chi connectivity index (χ2v) is 5.73. The van der Waals surface area contributed by atoms with Crippen molar-refractivity contribution < 1.29 is 4.39 Å². The first kappa shape index (κ1) is 13.9. The van der Waals surface area contributed by atoms with Crippen molar-refractivity contribution in [1.82, 2.24) is 9.55 Å². The molecule has 1 heterocycles. The molecule has 0 aliphatic heterocycles. The second kappa shape index (κ2) is 5.04. The average molecular weight is 348 g/mol. The van der Waals surface area contributed by atoms with E-state index in [0.717, 1.165) is 5.52 Å². The number of rotatable bonds is 1. The number of para-hydroxylation sites is 1. The summed E-state index contributed by atoms with van der Waals surface area (Å²) in [5, 5.41) is 0.810.